The fourth-order valence-electron chi connectivity index (χ4n) is 1.42. The van der Waals surface area contributed by atoms with E-state index in [1.165, 1.54) is 12.1 Å². The van der Waals surface area contributed by atoms with Gasteiger partial charge in [-0.25, -0.2) is 4.99 Å². The maximum atomic E-state index is 11.4. The van der Waals surface area contributed by atoms with E-state index in [9.17, 15) is 19.8 Å². The largest absolute Gasteiger partial charge is 0.550 e. The average Bonchev–Trinajstić information content (AvgIpc) is 2.58. The molecule has 0 radical (unpaired) electrons. The lowest BCUT2D eigenvalue weighted by molar-refractivity contribution is -0.305. The Morgan fingerprint density at radius 2 is 2.33 bits per heavy atom. The van der Waals surface area contributed by atoms with Gasteiger partial charge in [0.15, 0.2) is 5.17 Å². The van der Waals surface area contributed by atoms with Crippen LogP contribution in [-0.2, 0) is 9.59 Å². The number of carbonyl (C=O) groups excluding carboxylic acids is 2. The van der Waals surface area contributed by atoms with Gasteiger partial charge in [0, 0.05) is 18.5 Å². The van der Waals surface area contributed by atoms with Gasteiger partial charge in [-0.05, 0) is 12.1 Å². The van der Waals surface area contributed by atoms with E-state index < -0.39 is 17.1 Å². The second-order valence-corrected chi connectivity index (χ2v) is 4.80. The van der Waals surface area contributed by atoms with Crippen LogP contribution >= 0.6 is 11.8 Å². The van der Waals surface area contributed by atoms with Gasteiger partial charge in [-0.15, -0.1) is 0 Å². The van der Waals surface area contributed by atoms with Crippen molar-refractivity contribution in [2.75, 3.05) is 0 Å². The lowest BCUT2D eigenvalue weighted by atomic mass is 10.3. The summed E-state index contributed by atoms with van der Waals surface area (Å²) in [7, 11) is 0. The monoisotopic (exact) mass is 265 g/mol. The summed E-state index contributed by atoms with van der Waals surface area (Å²) < 4.78 is 0. The molecule has 1 aliphatic rings. The molecule has 0 saturated carbocycles. The number of nitrogens with one attached hydrogen (secondary N) is 1. The number of carboxylic acids is 1. The minimum atomic E-state index is -1.28. The molecular formula is C11H9N2O4S-. The molecule has 1 heterocycles. The number of aromatic hydroxyl groups is 1. The first-order valence-electron chi connectivity index (χ1n) is 5.09. The summed E-state index contributed by atoms with van der Waals surface area (Å²) in [4.78, 5) is 26.0. The van der Waals surface area contributed by atoms with Crippen LogP contribution in [0.2, 0.25) is 0 Å². The molecule has 7 heteroatoms. The van der Waals surface area contributed by atoms with E-state index in [1.54, 1.807) is 12.1 Å². The van der Waals surface area contributed by atoms with Crippen molar-refractivity contribution in [1.82, 2.24) is 5.32 Å². The molecule has 18 heavy (non-hydrogen) atoms. The minimum Gasteiger partial charge on any atom is -0.550 e. The Morgan fingerprint density at radius 3 is 3.00 bits per heavy atom. The van der Waals surface area contributed by atoms with Crippen molar-refractivity contribution in [3.8, 4) is 5.75 Å². The van der Waals surface area contributed by atoms with Crippen LogP contribution in [0.3, 0.4) is 0 Å². The summed E-state index contributed by atoms with van der Waals surface area (Å²) in [5.74, 6) is -1.61. The van der Waals surface area contributed by atoms with Crippen molar-refractivity contribution >= 4 is 34.5 Å². The number of nitrogens with zero attached hydrogens (tertiary/aromatic N) is 1. The fourth-order valence-corrected chi connectivity index (χ4v) is 2.40. The number of amides is 1. The second kappa shape index (κ2) is 5.09. The lowest BCUT2D eigenvalue weighted by Gasteiger charge is -2.04. The first kappa shape index (κ1) is 12.4. The smallest absolute Gasteiger partial charge is 0.239 e. The van der Waals surface area contributed by atoms with E-state index in [4.69, 9.17) is 0 Å². The summed E-state index contributed by atoms with van der Waals surface area (Å²) in [6, 6.07) is 6.22. The van der Waals surface area contributed by atoms with Crippen LogP contribution in [0.25, 0.3) is 0 Å². The number of aliphatic imine (C=N–C) groups is 1. The number of amidine groups is 1. The number of rotatable bonds is 3. The van der Waals surface area contributed by atoms with E-state index in [0.717, 1.165) is 11.8 Å². The predicted molar refractivity (Wildman–Crippen MR) is 64.3 cm³/mol. The van der Waals surface area contributed by atoms with E-state index >= 15 is 0 Å². The highest BCUT2D eigenvalue weighted by Crippen LogP contribution is 2.26. The van der Waals surface area contributed by atoms with Crippen molar-refractivity contribution in [2.45, 2.75) is 11.7 Å². The molecule has 1 amide bonds. The Balaban J connectivity index is 2.12. The van der Waals surface area contributed by atoms with Crippen LogP contribution in [-0.4, -0.2) is 27.4 Å². The Kier molecular flexibility index (Phi) is 3.52. The molecular weight excluding hydrogens is 256 g/mol. The zero-order valence-corrected chi connectivity index (χ0v) is 9.94. The second-order valence-electron chi connectivity index (χ2n) is 3.61. The van der Waals surface area contributed by atoms with Gasteiger partial charge in [0.1, 0.15) is 5.75 Å². The molecule has 0 aromatic heterocycles. The molecule has 1 aromatic carbocycles. The van der Waals surface area contributed by atoms with Gasteiger partial charge in [-0.1, -0.05) is 17.8 Å². The molecule has 1 aliphatic heterocycles. The number of carboxylic acid groups (broad SMARTS) is 1. The van der Waals surface area contributed by atoms with Crippen LogP contribution in [0.1, 0.15) is 6.42 Å². The van der Waals surface area contributed by atoms with Gasteiger partial charge in [0.25, 0.3) is 0 Å². The number of hydrogen-bond acceptors (Lipinski definition) is 6. The van der Waals surface area contributed by atoms with Crippen LogP contribution in [0.15, 0.2) is 29.3 Å². The molecule has 1 saturated heterocycles. The maximum absolute atomic E-state index is 11.4. The molecule has 2 rings (SSSR count). The van der Waals surface area contributed by atoms with Crippen LogP contribution < -0.4 is 10.4 Å². The summed E-state index contributed by atoms with van der Waals surface area (Å²) in [6.07, 6.45) is -0.352. The third-order valence-corrected chi connectivity index (χ3v) is 3.27. The first-order chi connectivity index (χ1) is 8.54. The maximum Gasteiger partial charge on any atom is 0.239 e. The highest BCUT2D eigenvalue weighted by Gasteiger charge is 2.30. The van der Waals surface area contributed by atoms with Crippen LogP contribution in [0, 0.1) is 0 Å². The van der Waals surface area contributed by atoms with E-state index in [0.29, 0.717) is 10.9 Å². The molecule has 0 unspecified atom stereocenters. The quantitative estimate of drug-likeness (QED) is 0.784. The van der Waals surface area contributed by atoms with Gasteiger partial charge in [-0.2, -0.15) is 0 Å². The SMILES string of the molecule is O=C([O-])C[C@H]1SC(=Nc2cccc(O)c2)NC1=O. The molecule has 1 aromatic rings. The molecule has 6 nitrogen and oxygen atoms in total. The molecule has 2 N–H and O–H groups in total. The minimum absolute atomic E-state index is 0.0671. The van der Waals surface area contributed by atoms with Crippen molar-refractivity contribution in [1.29, 1.82) is 0 Å². The molecule has 0 spiro atoms. The van der Waals surface area contributed by atoms with Gasteiger partial charge < -0.3 is 20.3 Å². The standard InChI is InChI=1S/C11H10N2O4S/c14-7-3-1-2-6(4-7)12-11-13-10(17)8(18-11)5-9(15)16/h1-4,8,14H,5H2,(H,15,16)(H,12,13,17)/p-1/t8-/m1/s1. The number of thioether (sulfide) groups is 1. The Labute approximate surface area is 107 Å². The van der Waals surface area contributed by atoms with E-state index in [1.807, 2.05) is 0 Å². The Morgan fingerprint density at radius 1 is 1.56 bits per heavy atom. The predicted octanol–water partition coefficient (Wildman–Crippen LogP) is -0.249. The van der Waals surface area contributed by atoms with Gasteiger partial charge in [0.2, 0.25) is 5.91 Å². The zero-order chi connectivity index (χ0) is 13.1. The highest BCUT2D eigenvalue weighted by atomic mass is 32.2. The molecule has 1 fully saturated rings. The third kappa shape index (κ3) is 3.01. The van der Waals surface area contributed by atoms with E-state index in [-0.39, 0.29) is 12.2 Å². The Bertz CT molecular complexity index is 530. The van der Waals surface area contributed by atoms with Crippen LogP contribution in [0.5, 0.6) is 5.75 Å². The van der Waals surface area contributed by atoms with Gasteiger partial charge >= 0.3 is 0 Å². The first-order valence-corrected chi connectivity index (χ1v) is 5.97. The topological polar surface area (TPSA) is 102 Å². The highest BCUT2D eigenvalue weighted by molar-refractivity contribution is 8.15. The number of carbonyl (C=O) groups is 2. The number of phenolic OH excluding ortho intramolecular Hbond substituents is 1. The normalized spacial score (nSPS) is 21.0. The van der Waals surface area contributed by atoms with Gasteiger partial charge in [0.05, 0.1) is 10.9 Å². The summed E-state index contributed by atoms with van der Waals surface area (Å²) in [5, 5.41) is 21.8. The molecule has 1 atom stereocenters. The number of phenols is 1. The van der Waals surface area contributed by atoms with Gasteiger partial charge in [-0.3, -0.25) is 4.79 Å². The van der Waals surface area contributed by atoms with E-state index in [2.05, 4.69) is 10.3 Å². The summed E-state index contributed by atoms with van der Waals surface area (Å²) in [5.41, 5.74) is 0.479. The molecule has 94 valence electrons. The molecule has 0 aliphatic carbocycles. The van der Waals surface area contributed by atoms with Crippen LogP contribution in [0.4, 0.5) is 5.69 Å². The summed E-state index contributed by atoms with van der Waals surface area (Å²) >= 11 is 1.03. The Hall–Kier alpha value is -2.02. The van der Waals surface area contributed by atoms with Crippen molar-refractivity contribution < 1.29 is 19.8 Å². The fraction of sp³-hybridized carbons (Fsp3) is 0.182. The number of benzene rings is 1. The zero-order valence-electron chi connectivity index (χ0n) is 9.12. The average molecular weight is 265 g/mol. The number of aliphatic carboxylic acids is 1. The van der Waals surface area contributed by atoms with Crippen molar-refractivity contribution in [3.05, 3.63) is 24.3 Å². The third-order valence-electron chi connectivity index (χ3n) is 2.19. The van der Waals surface area contributed by atoms with Crippen molar-refractivity contribution in [2.24, 2.45) is 4.99 Å². The lowest BCUT2D eigenvalue weighted by Crippen LogP contribution is -2.31. The number of hydrogen-bond donors (Lipinski definition) is 2. The van der Waals surface area contributed by atoms with Crippen molar-refractivity contribution in [3.63, 3.8) is 0 Å². The summed E-state index contributed by atoms with van der Waals surface area (Å²) in [6.45, 7) is 0. The molecule has 0 bridgehead atoms.